The van der Waals surface area contributed by atoms with E-state index in [9.17, 15) is 73.6 Å². The quantitative estimate of drug-likeness (QED) is 0.0115. The standard InChI is InChI=1S/C63H65ClF10N9O16PS2/c1-29(2)97-100(92,98-30(3)4)99-45-20-33(57(75)89)19-32(21-46(84)78-43(58(90)91)24-49(87)88)52(45)59(5,6)25-48(86)83(101(93)94)26-44-51-41(64)13-12-38(54(51)82(79-44)28-61(67,68)69)37-11-10-36(14-15-60(7,8)102(9,95)96)76-53(37)42(18-31-16-34(65)22-35(66)17-31)77-47(85)27-81-56-50(55(80-81)63(72,73)74)39-23-40(39)62(56,70)71/h10-13,16-17,19-20,22,29-30,39-40,42-43,101H,18,21,23-28H2,1-9H3,(H2,75,89)(H,77,85)(H,78,84)(H,87,88)(H,90,91)/t39-,40+,42-,43-/m0/s1. The lowest BCUT2D eigenvalue weighted by Crippen LogP contribution is -2.43. The highest BCUT2D eigenvalue weighted by Gasteiger charge is 2.68. The fraction of sp³-hybridized carbons (Fsp3) is 0.444. The number of phosphoric ester groups is 1. The van der Waals surface area contributed by atoms with Crippen molar-refractivity contribution >= 4 is 86.6 Å². The summed E-state index contributed by atoms with van der Waals surface area (Å²) in [6, 6.07) is 4.24. The van der Waals surface area contributed by atoms with Gasteiger partial charge < -0.3 is 31.1 Å². The monoisotopic (exact) mass is 1520 g/mol. The first-order valence-corrected chi connectivity index (χ1v) is 35.4. The Hall–Kier alpha value is -8.69. The van der Waals surface area contributed by atoms with Crippen LogP contribution < -0.4 is 20.9 Å². The summed E-state index contributed by atoms with van der Waals surface area (Å²) < 4.78 is 233. The summed E-state index contributed by atoms with van der Waals surface area (Å²) in [5.74, 6) is -13.5. The Labute approximate surface area is 581 Å². The first-order valence-electron chi connectivity index (χ1n) is 30.5. The van der Waals surface area contributed by atoms with Gasteiger partial charge >= 0.3 is 32.1 Å². The fourth-order valence-corrected chi connectivity index (χ4v) is 14.2. The van der Waals surface area contributed by atoms with Crippen LogP contribution in [-0.4, -0.2) is 127 Å². The highest BCUT2D eigenvalue weighted by atomic mass is 35.5. The lowest BCUT2D eigenvalue weighted by Gasteiger charge is -2.32. The number of hydrogen-bond donors (Lipinski definition) is 6. The molecule has 4 amide bonds. The maximum atomic E-state index is 15.8. The molecule has 1 fully saturated rings. The molecule has 2 aliphatic carbocycles. The summed E-state index contributed by atoms with van der Waals surface area (Å²) in [6.45, 7) is 5.83. The van der Waals surface area contributed by atoms with Crippen molar-refractivity contribution < 1.29 is 118 Å². The number of aromatic nitrogens is 5. The Morgan fingerprint density at radius 1 is 0.882 bits per heavy atom. The van der Waals surface area contributed by atoms with E-state index < -0.39 is 247 Å². The second kappa shape index (κ2) is 29.2. The zero-order chi connectivity index (χ0) is 76.2. The third-order valence-corrected chi connectivity index (χ3v) is 21.0. The summed E-state index contributed by atoms with van der Waals surface area (Å²) in [7, 11) is -13.1. The number of benzene rings is 3. The summed E-state index contributed by atoms with van der Waals surface area (Å²) in [4.78, 5) is 84.3. The van der Waals surface area contributed by atoms with E-state index in [0.29, 0.717) is 6.07 Å². The maximum absolute atomic E-state index is 15.8. The minimum absolute atomic E-state index is 0.107. The number of rotatable bonds is 28. The minimum Gasteiger partial charge on any atom is -0.481 e. The second-order valence-electron chi connectivity index (χ2n) is 25.8. The summed E-state index contributed by atoms with van der Waals surface area (Å²) in [6.07, 6.45) is -15.9. The van der Waals surface area contributed by atoms with Crippen LogP contribution in [0.15, 0.2) is 54.6 Å². The number of carboxylic acids is 2. The number of sulfone groups is 1. The van der Waals surface area contributed by atoms with Crippen molar-refractivity contribution in [1.29, 1.82) is 0 Å². The van der Waals surface area contributed by atoms with Crippen LogP contribution in [0.5, 0.6) is 5.75 Å². The molecule has 3 aromatic heterocycles. The Balaban J connectivity index is 1.30. The number of carboxylic acid groups (broad SMARTS) is 2. The topological polar surface area (TPSA) is 358 Å². The van der Waals surface area contributed by atoms with Gasteiger partial charge in [-0.1, -0.05) is 37.4 Å². The molecule has 8 rings (SSSR count). The molecule has 552 valence electrons. The zero-order valence-corrected chi connectivity index (χ0v) is 58.5. The molecule has 6 N–H and O–H groups in total. The zero-order valence-electron chi connectivity index (χ0n) is 55.1. The summed E-state index contributed by atoms with van der Waals surface area (Å²) in [5, 5.41) is 30.1. The van der Waals surface area contributed by atoms with Crippen molar-refractivity contribution in [3.8, 4) is 28.7 Å². The molecule has 0 spiro atoms. The van der Waals surface area contributed by atoms with E-state index in [2.05, 4.69) is 32.3 Å². The molecule has 39 heteroatoms. The molecule has 0 unspecified atom stereocenters. The third-order valence-electron chi connectivity index (χ3n) is 16.2. The van der Waals surface area contributed by atoms with Gasteiger partial charge in [0.2, 0.25) is 34.5 Å². The summed E-state index contributed by atoms with van der Waals surface area (Å²) in [5.41, 5.74) is -4.63. The smallest absolute Gasteiger partial charge is 0.481 e. The number of phosphoric acid groups is 1. The second-order valence-corrected chi connectivity index (χ2v) is 31.3. The number of halogens is 11. The van der Waals surface area contributed by atoms with Gasteiger partial charge in [0, 0.05) is 63.3 Å². The average Bonchev–Trinajstić information content (AvgIpc) is 1.51. The van der Waals surface area contributed by atoms with Crippen molar-refractivity contribution in [2.75, 3.05) is 6.26 Å². The molecule has 25 nitrogen and oxygen atoms in total. The van der Waals surface area contributed by atoms with Crippen LogP contribution in [0.3, 0.4) is 0 Å². The highest BCUT2D eigenvalue weighted by Crippen LogP contribution is 2.68. The van der Waals surface area contributed by atoms with Crippen LogP contribution in [0.4, 0.5) is 43.9 Å². The van der Waals surface area contributed by atoms with Gasteiger partial charge in [-0.2, -0.15) is 45.3 Å². The molecule has 2 aliphatic rings. The molecule has 6 aromatic rings. The van der Waals surface area contributed by atoms with Gasteiger partial charge in [-0.3, -0.25) is 42.4 Å². The van der Waals surface area contributed by atoms with Crippen molar-refractivity contribution in [1.82, 2.24) is 39.5 Å². The fourth-order valence-electron chi connectivity index (χ4n) is 11.7. The molecule has 0 saturated heterocycles. The van der Waals surface area contributed by atoms with Gasteiger partial charge in [0.1, 0.15) is 52.7 Å². The predicted octanol–water partition coefficient (Wildman–Crippen LogP) is 9.54. The number of aliphatic carboxylic acids is 2. The lowest BCUT2D eigenvalue weighted by atomic mass is 9.77. The Bertz CT molecular complexity index is 4680. The Kier molecular flexibility index (Phi) is 22.6. The minimum atomic E-state index is -5.29. The number of thiol groups is 1. The lowest BCUT2D eigenvalue weighted by molar-refractivity contribution is -0.147. The van der Waals surface area contributed by atoms with E-state index >= 15 is 30.7 Å². The summed E-state index contributed by atoms with van der Waals surface area (Å²) >= 11 is 6.85. The average molecular weight is 1520 g/mol. The van der Waals surface area contributed by atoms with Crippen molar-refractivity contribution in [2.24, 2.45) is 11.7 Å². The molecule has 3 aromatic carbocycles. The number of alkyl halides is 8. The molecule has 4 atom stereocenters. The van der Waals surface area contributed by atoms with Crippen molar-refractivity contribution in [3.63, 3.8) is 0 Å². The van der Waals surface area contributed by atoms with E-state index in [1.54, 1.807) is 0 Å². The number of carbonyl (C=O) groups excluding carboxylic acids is 4. The highest BCUT2D eigenvalue weighted by molar-refractivity contribution is 7.92. The first kappa shape index (κ1) is 79.0. The van der Waals surface area contributed by atoms with Crippen molar-refractivity contribution in [3.05, 3.63) is 128 Å². The normalized spacial score (nSPS) is 15.9. The number of pyridine rings is 1. The number of nitrogens with zero attached hydrogens (tertiary/aromatic N) is 6. The maximum Gasteiger partial charge on any atom is 0.530 e. The SMILES string of the molecule is CC(C)OP(=O)(Oc1cc(C(N)=O)cc(CC(=O)N[C@@H](CC(=O)O)C(=O)O)c1C(C)(C)CC(=O)N(Cc1nn(CC(F)(F)F)c2c(-c3ccc(C#CC(C)(C)S(C)(=O)=O)nc3[C@H](Cc3cc(F)cc(F)c3)NC(=O)Cn3nc(C(F)(F)F)c4c3C(F)(F)[C@@H]3C[C@H]43)ccc(Cl)c12)[SH](=O)=O)OC(C)C. The van der Waals surface area contributed by atoms with E-state index in [1.807, 2.05) is 5.32 Å². The number of carbonyl (C=O) groups is 6. The number of primary amides is 1. The third kappa shape index (κ3) is 18.0. The molecule has 0 radical (unpaired) electrons. The van der Waals surface area contributed by atoms with E-state index in [4.69, 9.17) is 30.9 Å². The van der Waals surface area contributed by atoms with E-state index in [-0.39, 0.29) is 48.0 Å². The molecule has 0 aliphatic heterocycles. The molecule has 3 heterocycles. The Morgan fingerprint density at radius 3 is 2.05 bits per heavy atom. The molecular formula is C63H65ClF10N9O16PS2. The van der Waals surface area contributed by atoms with E-state index in [1.165, 1.54) is 55.4 Å². The Morgan fingerprint density at radius 2 is 1.50 bits per heavy atom. The number of nitrogens with one attached hydrogen (secondary N) is 2. The van der Waals surface area contributed by atoms with Crippen LogP contribution in [-0.2, 0) is 108 Å². The molecular weight excluding hydrogens is 1460 g/mol. The molecule has 102 heavy (non-hydrogen) atoms. The largest absolute Gasteiger partial charge is 0.530 e. The predicted molar refractivity (Wildman–Crippen MR) is 342 cm³/mol. The van der Waals surface area contributed by atoms with Crippen LogP contribution in [0.1, 0.15) is 148 Å². The van der Waals surface area contributed by atoms with Gasteiger partial charge in [-0.15, -0.1) is 0 Å². The van der Waals surface area contributed by atoms with Gasteiger partial charge in [-0.05, 0) is 120 Å². The molecule has 0 bridgehead atoms. The van der Waals surface area contributed by atoms with Gasteiger partial charge in [0.15, 0.2) is 15.5 Å². The van der Waals surface area contributed by atoms with Crippen LogP contribution >= 0.6 is 19.4 Å². The van der Waals surface area contributed by atoms with Gasteiger partial charge in [-0.25, -0.2) is 44.3 Å². The van der Waals surface area contributed by atoms with Crippen LogP contribution in [0.2, 0.25) is 5.02 Å². The number of amides is 4. The first-order chi connectivity index (χ1) is 46.9. The van der Waals surface area contributed by atoms with Crippen LogP contribution in [0.25, 0.3) is 22.0 Å². The van der Waals surface area contributed by atoms with Crippen molar-refractivity contribution in [2.45, 2.75) is 166 Å². The number of fused-ring (bicyclic) bond motifs is 4. The van der Waals surface area contributed by atoms with E-state index in [0.717, 1.165) is 54.8 Å². The number of nitrogens with two attached hydrogens (primary N) is 1. The molecule has 1 saturated carbocycles. The number of hydrogen-bond acceptors (Lipinski definition) is 17. The van der Waals surface area contributed by atoms with Gasteiger partial charge in [0.05, 0.1) is 59.6 Å². The van der Waals surface area contributed by atoms with Crippen LogP contribution in [0, 0.1) is 29.4 Å². The van der Waals surface area contributed by atoms with Gasteiger partial charge in [0.25, 0.3) is 5.92 Å².